The highest BCUT2D eigenvalue weighted by Gasteiger charge is 2.18. The molecule has 0 atom stereocenters. The molecule has 0 fully saturated rings. The molecule has 4 aromatic rings. The smallest absolute Gasteiger partial charge is 0.257 e. The van der Waals surface area contributed by atoms with E-state index in [0.29, 0.717) is 28.2 Å². The third kappa shape index (κ3) is 5.78. The van der Waals surface area contributed by atoms with E-state index < -0.39 is 0 Å². The SMILES string of the molecule is COc1cc(OC)c(OC)cc1CNC(=O)CSc1nc(-c2ccccc2)c(-c2ccccc2)o1. The molecule has 1 N–H and O–H groups in total. The molecule has 0 bridgehead atoms. The molecule has 1 heterocycles. The average Bonchev–Trinajstić information content (AvgIpc) is 3.35. The first-order valence-electron chi connectivity index (χ1n) is 10.9. The number of nitrogens with one attached hydrogen (secondary N) is 1. The van der Waals surface area contributed by atoms with Crippen molar-refractivity contribution in [2.24, 2.45) is 0 Å². The molecule has 0 unspecified atom stereocenters. The molecule has 0 aliphatic heterocycles. The van der Waals surface area contributed by atoms with Crippen LogP contribution in [0.4, 0.5) is 0 Å². The molecule has 1 aromatic heterocycles. The Morgan fingerprint density at radius 2 is 1.46 bits per heavy atom. The molecule has 3 aromatic carbocycles. The van der Waals surface area contributed by atoms with Crippen molar-refractivity contribution in [3.8, 4) is 39.8 Å². The van der Waals surface area contributed by atoms with Crippen molar-refractivity contribution in [2.75, 3.05) is 27.1 Å². The molecule has 1 amide bonds. The lowest BCUT2D eigenvalue weighted by Gasteiger charge is -2.14. The number of hydrogen-bond acceptors (Lipinski definition) is 7. The molecule has 0 aliphatic rings. The van der Waals surface area contributed by atoms with Crippen LogP contribution in [0, 0.1) is 0 Å². The topological polar surface area (TPSA) is 82.8 Å². The van der Waals surface area contributed by atoms with Gasteiger partial charge in [0.1, 0.15) is 11.4 Å². The maximum atomic E-state index is 12.6. The lowest BCUT2D eigenvalue weighted by atomic mass is 10.1. The summed E-state index contributed by atoms with van der Waals surface area (Å²) in [6.07, 6.45) is 0. The molecule has 35 heavy (non-hydrogen) atoms. The first kappa shape index (κ1) is 24.2. The zero-order valence-corrected chi connectivity index (χ0v) is 20.6. The third-order valence-corrected chi connectivity index (χ3v) is 6.11. The van der Waals surface area contributed by atoms with Crippen LogP contribution in [0.2, 0.25) is 0 Å². The maximum absolute atomic E-state index is 12.6. The van der Waals surface area contributed by atoms with E-state index >= 15 is 0 Å². The van der Waals surface area contributed by atoms with Gasteiger partial charge < -0.3 is 23.9 Å². The van der Waals surface area contributed by atoms with Gasteiger partial charge in [0, 0.05) is 29.3 Å². The van der Waals surface area contributed by atoms with Gasteiger partial charge in [0.25, 0.3) is 5.22 Å². The molecule has 0 saturated heterocycles. The van der Waals surface area contributed by atoms with E-state index in [9.17, 15) is 4.79 Å². The van der Waals surface area contributed by atoms with Crippen LogP contribution >= 0.6 is 11.8 Å². The molecule has 8 heteroatoms. The van der Waals surface area contributed by atoms with Gasteiger partial charge in [0.05, 0.1) is 27.1 Å². The Kier molecular flexibility index (Phi) is 7.95. The monoisotopic (exact) mass is 490 g/mol. The summed E-state index contributed by atoms with van der Waals surface area (Å²) >= 11 is 1.25. The highest BCUT2D eigenvalue weighted by Crippen LogP contribution is 2.36. The predicted octanol–water partition coefficient (Wildman–Crippen LogP) is 5.44. The predicted molar refractivity (Wildman–Crippen MR) is 136 cm³/mol. The first-order chi connectivity index (χ1) is 17.1. The summed E-state index contributed by atoms with van der Waals surface area (Å²) in [6.45, 7) is 0.277. The average molecular weight is 491 g/mol. The molecule has 7 nitrogen and oxygen atoms in total. The van der Waals surface area contributed by atoms with E-state index in [-0.39, 0.29) is 18.2 Å². The number of carbonyl (C=O) groups excluding carboxylic acids is 1. The normalized spacial score (nSPS) is 10.6. The van der Waals surface area contributed by atoms with Crippen LogP contribution < -0.4 is 19.5 Å². The molecular formula is C27H26N2O5S. The molecule has 4 rings (SSSR count). The second-order valence-corrected chi connectivity index (χ2v) is 8.40. The second kappa shape index (κ2) is 11.5. The minimum atomic E-state index is -0.160. The van der Waals surface area contributed by atoms with Crippen LogP contribution in [0.25, 0.3) is 22.6 Å². The number of benzene rings is 3. The van der Waals surface area contributed by atoms with E-state index in [1.807, 2.05) is 60.7 Å². The summed E-state index contributed by atoms with van der Waals surface area (Å²) in [7, 11) is 4.69. The number of ether oxygens (including phenoxy) is 3. The number of aromatic nitrogens is 1. The first-order valence-corrected chi connectivity index (χ1v) is 11.9. The largest absolute Gasteiger partial charge is 0.496 e. The van der Waals surface area contributed by atoms with Gasteiger partial charge in [-0.15, -0.1) is 0 Å². The Hall–Kier alpha value is -3.91. The molecule has 0 saturated carbocycles. The zero-order chi connectivity index (χ0) is 24.6. The van der Waals surface area contributed by atoms with Gasteiger partial charge >= 0.3 is 0 Å². The van der Waals surface area contributed by atoms with Crippen LogP contribution in [0.3, 0.4) is 0 Å². The summed E-state index contributed by atoms with van der Waals surface area (Å²) < 4.78 is 22.2. The van der Waals surface area contributed by atoms with Gasteiger partial charge in [0.15, 0.2) is 17.3 Å². The molecule has 180 valence electrons. The van der Waals surface area contributed by atoms with Crippen molar-refractivity contribution in [1.29, 1.82) is 0 Å². The van der Waals surface area contributed by atoms with Crippen molar-refractivity contribution in [1.82, 2.24) is 10.3 Å². The van der Waals surface area contributed by atoms with Crippen molar-refractivity contribution >= 4 is 17.7 Å². The van der Waals surface area contributed by atoms with E-state index in [1.54, 1.807) is 33.5 Å². The van der Waals surface area contributed by atoms with Crippen molar-refractivity contribution in [3.05, 3.63) is 78.4 Å². The van der Waals surface area contributed by atoms with E-state index in [2.05, 4.69) is 10.3 Å². The molecule has 0 radical (unpaired) electrons. The summed E-state index contributed by atoms with van der Waals surface area (Å²) in [5, 5.41) is 3.34. The van der Waals surface area contributed by atoms with Crippen molar-refractivity contribution in [3.63, 3.8) is 0 Å². The quantitative estimate of drug-likeness (QED) is 0.296. The fourth-order valence-electron chi connectivity index (χ4n) is 3.54. The zero-order valence-electron chi connectivity index (χ0n) is 19.7. The van der Waals surface area contributed by atoms with Gasteiger partial charge in [-0.05, 0) is 6.07 Å². The Bertz CT molecular complexity index is 1220. The van der Waals surface area contributed by atoms with Gasteiger partial charge in [-0.25, -0.2) is 4.98 Å². The number of nitrogens with zero attached hydrogens (tertiary/aromatic N) is 1. The fourth-order valence-corrected chi connectivity index (χ4v) is 4.20. The minimum Gasteiger partial charge on any atom is -0.496 e. The summed E-state index contributed by atoms with van der Waals surface area (Å²) in [6, 6.07) is 23.2. The lowest BCUT2D eigenvalue weighted by Crippen LogP contribution is -2.24. The summed E-state index contributed by atoms with van der Waals surface area (Å²) in [5.41, 5.74) is 3.40. The van der Waals surface area contributed by atoms with E-state index in [1.165, 1.54) is 11.8 Å². The number of methoxy groups -OCH3 is 3. The molecule has 0 aliphatic carbocycles. The van der Waals surface area contributed by atoms with Gasteiger partial charge in [-0.3, -0.25) is 4.79 Å². The van der Waals surface area contributed by atoms with Crippen LogP contribution in [0.1, 0.15) is 5.56 Å². The van der Waals surface area contributed by atoms with E-state index in [0.717, 1.165) is 22.4 Å². The number of thioether (sulfide) groups is 1. The minimum absolute atomic E-state index is 0.151. The number of oxazole rings is 1. The third-order valence-electron chi connectivity index (χ3n) is 5.28. The Labute approximate surface area is 208 Å². The van der Waals surface area contributed by atoms with Gasteiger partial charge in [-0.1, -0.05) is 72.4 Å². The van der Waals surface area contributed by atoms with E-state index in [4.69, 9.17) is 18.6 Å². The van der Waals surface area contributed by atoms with Crippen LogP contribution in [0.15, 0.2) is 82.4 Å². The van der Waals surface area contributed by atoms with Crippen LogP contribution in [0.5, 0.6) is 17.2 Å². The maximum Gasteiger partial charge on any atom is 0.257 e. The van der Waals surface area contributed by atoms with Gasteiger partial charge in [0.2, 0.25) is 5.91 Å². The standard InChI is InChI=1S/C27H26N2O5S/c1-31-21-15-23(33-3)22(32-2)14-20(21)16-28-24(30)17-35-27-29-25(18-10-6-4-7-11-18)26(34-27)19-12-8-5-9-13-19/h4-15H,16-17H2,1-3H3,(H,28,30). The number of rotatable bonds is 10. The summed E-state index contributed by atoms with van der Waals surface area (Å²) in [4.78, 5) is 17.3. The number of hydrogen-bond donors (Lipinski definition) is 1. The Balaban J connectivity index is 1.46. The lowest BCUT2D eigenvalue weighted by molar-refractivity contribution is -0.118. The number of carbonyl (C=O) groups is 1. The summed E-state index contributed by atoms with van der Waals surface area (Å²) in [5.74, 6) is 2.39. The highest BCUT2D eigenvalue weighted by atomic mass is 32.2. The molecule has 0 spiro atoms. The van der Waals surface area contributed by atoms with Crippen LogP contribution in [-0.4, -0.2) is 38.0 Å². The number of amides is 1. The second-order valence-electron chi connectivity index (χ2n) is 7.47. The molecular weight excluding hydrogens is 464 g/mol. The van der Waals surface area contributed by atoms with Gasteiger partial charge in [-0.2, -0.15) is 0 Å². The fraction of sp³-hybridized carbons (Fsp3) is 0.185. The van der Waals surface area contributed by atoms with Crippen molar-refractivity contribution in [2.45, 2.75) is 11.8 Å². The van der Waals surface area contributed by atoms with Crippen molar-refractivity contribution < 1.29 is 23.4 Å². The Morgan fingerprint density at radius 1 is 0.857 bits per heavy atom. The van der Waals surface area contributed by atoms with Crippen LogP contribution in [-0.2, 0) is 11.3 Å². The Morgan fingerprint density at radius 3 is 2.09 bits per heavy atom. The highest BCUT2D eigenvalue weighted by molar-refractivity contribution is 7.99.